The van der Waals surface area contributed by atoms with E-state index >= 15 is 0 Å². The zero-order chi connectivity index (χ0) is 25.5. The zero-order valence-corrected chi connectivity index (χ0v) is 21.1. The van der Waals surface area contributed by atoms with Crippen LogP contribution in [0.3, 0.4) is 0 Å². The average Bonchev–Trinajstić information content (AvgIpc) is 2.92. The number of fused-ring (bicyclic) bond motifs is 5. The smallest absolute Gasteiger partial charge is 0.197 e. The highest BCUT2D eigenvalue weighted by Gasteiger charge is 2.49. The average molecular weight is 507 g/mol. The number of pyridine rings is 3. The lowest BCUT2D eigenvalue weighted by Crippen LogP contribution is -2.61. The molecule has 7 rings (SSSR count). The Morgan fingerprint density at radius 3 is 2.76 bits per heavy atom. The fourth-order valence-corrected chi connectivity index (χ4v) is 5.62. The van der Waals surface area contributed by atoms with Crippen LogP contribution in [0, 0.1) is 12.7 Å². The molecule has 2 saturated heterocycles. The van der Waals surface area contributed by atoms with Gasteiger partial charge in [0.05, 0.1) is 42.2 Å². The molecule has 2 bridgehead atoms. The molecule has 194 valence electrons. The Balaban J connectivity index is 1.09. The summed E-state index contributed by atoms with van der Waals surface area (Å²) in [6, 6.07) is 7.69. The molecule has 0 radical (unpaired) electrons. The Hall–Kier alpha value is -3.21. The number of hydrogen-bond acceptors (Lipinski definition) is 9. The van der Waals surface area contributed by atoms with Crippen molar-refractivity contribution >= 4 is 22.7 Å². The van der Waals surface area contributed by atoms with Crippen LogP contribution < -0.4 is 15.5 Å². The zero-order valence-electron chi connectivity index (χ0n) is 21.1. The maximum absolute atomic E-state index is 14.7. The summed E-state index contributed by atoms with van der Waals surface area (Å²) in [5, 5.41) is 3.72. The van der Waals surface area contributed by atoms with Crippen LogP contribution in [-0.2, 0) is 22.5 Å². The molecular weight excluding hydrogens is 475 g/mol. The second-order valence-electron chi connectivity index (χ2n) is 10.3. The molecule has 3 aromatic rings. The van der Waals surface area contributed by atoms with Gasteiger partial charge in [0.2, 0.25) is 0 Å². The number of ether oxygens (including phenoxy) is 2. The summed E-state index contributed by atoms with van der Waals surface area (Å²) in [6.07, 6.45) is 6.58. The van der Waals surface area contributed by atoms with Crippen molar-refractivity contribution in [2.75, 3.05) is 20.3 Å². The molecule has 10 heteroatoms. The van der Waals surface area contributed by atoms with E-state index in [9.17, 15) is 4.39 Å². The molecule has 0 spiro atoms. The van der Waals surface area contributed by atoms with Gasteiger partial charge in [0.1, 0.15) is 12.4 Å². The second-order valence-corrected chi connectivity index (χ2v) is 10.3. The molecule has 0 unspecified atom stereocenters. The quantitative estimate of drug-likeness (QED) is 0.466. The van der Waals surface area contributed by atoms with Gasteiger partial charge in [0, 0.05) is 23.3 Å². The standard InChI is InChI=1S/C27H31FN6O3/c1-17-3-5-21-24(31-17)19(20(28)14-29-21)7-8-27-11-9-26(10-12-27,16-37-27)30-13-18-4-6-22-25(32-18)33-23(15-36-22)34-35-2/h3-6,14,30H,7-13,15-16H2,1-2H3,(H,32,33,34). The van der Waals surface area contributed by atoms with Crippen molar-refractivity contribution in [1.29, 1.82) is 0 Å². The molecule has 0 atom stereocenters. The Labute approximate surface area is 214 Å². The number of nitrogens with zero attached hydrogens (tertiary/aromatic N) is 4. The Bertz CT molecular complexity index is 1330. The van der Waals surface area contributed by atoms with E-state index in [1.54, 1.807) is 0 Å². The van der Waals surface area contributed by atoms with Crippen LogP contribution >= 0.6 is 0 Å². The first-order chi connectivity index (χ1) is 18.0. The van der Waals surface area contributed by atoms with Crippen molar-refractivity contribution in [2.45, 2.75) is 63.1 Å². The molecule has 4 aliphatic rings. The fourth-order valence-electron chi connectivity index (χ4n) is 5.62. The molecule has 3 fully saturated rings. The van der Waals surface area contributed by atoms with Crippen LogP contribution in [0.5, 0.6) is 5.75 Å². The minimum atomic E-state index is -0.290. The van der Waals surface area contributed by atoms with Crippen LogP contribution in [0.2, 0.25) is 0 Å². The third-order valence-corrected chi connectivity index (χ3v) is 7.87. The highest BCUT2D eigenvalue weighted by molar-refractivity contribution is 5.87. The van der Waals surface area contributed by atoms with Crippen molar-refractivity contribution in [3.63, 3.8) is 0 Å². The summed E-state index contributed by atoms with van der Waals surface area (Å²) < 4.78 is 26.9. The molecule has 1 saturated carbocycles. The molecular formula is C27H31FN6O3. The minimum Gasteiger partial charge on any atom is -0.482 e. The molecule has 6 heterocycles. The van der Waals surface area contributed by atoms with Gasteiger partial charge < -0.3 is 14.8 Å². The van der Waals surface area contributed by atoms with E-state index in [4.69, 9.17) is 14.3 Å². The molecule has 1 aliphatic carbocycles. The number of rotatable bonds is 7. The number of amidine groups is 1. The lowest BCUT2D eigenvalue weighted by Gasteiger charge is -2.53. The summed E-state index contributed by atoms with van der Waals surface area (Å²) in [5.41, 5.74) is 6.22. The first-order valence-electron chi connectivity index (χ1n) is 12.8. The number of aryl methyl sites for hydroxylation is 2. The van der Waals surface area contributed by atoms with Crippen molar-refractivity contribution in [3.8, 4) is 5.75 Å². The maximum Gasteiger partial charge on any atom is 0.197 e. The molecule has 0 aromatic carbocycles. The van der Waals surface area contributed by atoms with Gasteiger partial charge in [0.25, 0.3) is 0 Å². The van der Waals surface area contributed by atoms with E-state index in [-0.39, 0.29) is 17.0 Å². The van der Waals surface area contributed by atoms with E-state index in [1.165, 1.54) is 13.3 Å². The predicted molar refractivity (Wildman–Crippen MR) is 136 cm³/mol. The molecule has 2 N–H and O–H groups in total. The fraction of sp³-hybridized carbons (Fsp3) is 0.481. The van der Waals surface area contributed by atoms with Crippen LogP contribution in [0.25, 0.3) is 11.0 Å². The highest BCUT2D eigenvalue weighted by atomic mass is 19.1. The second kappa shape index (κ2) is 9.59. The molecule has 9 nitrogen and oxygen atoms in total. The van der Waals surface area contributed by atoms with Crippen molar-refractivity contribution in [1.82, 2.24) is 25.7 Å². The van der Waals surface area contributed by atoms with E-state index < -0.39 is 0 Å². The number of aromatic nitrogens is 3. The Morgan fingerprint density at radius 2 is 1.97 bits per heavy atom. The summed E-state index contributed by atoms with van der Waals surface area (Å²) in [6.45, 7) is 3.49. The molecule has 37 heavy (non-hydrogen) atoms. The third-order valence-electron chi connectivity index (χ3n) is 7.87. The van der Waals surface area contributed by atoms with Gasteiger partial charge >= 0.3 is 0 Å². The van der Waals surface area contributed by atoms with E-state index in [0.717, 1.165) is 49.0 Å². The summed E-state index contributed by atoms with van der Waals surface area (Å²) >= 11 is 0. The predicted octanol–water partition coefficient (Wildman–Crippen LogP) is 3.85. The molecule has 0 amide bonds. The van der Waals surface area contributed by atoms with E-state index in [1.807, 2.05) is 31.2 Å². The molecule has 3 aromatic heterocycles. The van der Waals surface area contributed by atoms with Crippen LogP contribution in [0.15, 0.2) is 35.5 Å². The van der Waals surface area contributed by atoms with E-state index in [2.05, 4.69) is 30.7 Å². The van der Waals surface area contributed by atoms with Gasteiger partial charge in [-0.25, -0.2) is 14.4 Å². The first-order valence-corrected chi connectivity index (χ1v) is 12.8. The first kappa shape index (κ1) is 24.1. The van der Waals surface area contributed by atoms with Gasteiger partial charge in [-0.1, -0.05) is 0 Å². The molecule has 3 aliphatic heterocycles. The number of hydroxylamine groups is 1. The topological polar surface area (TPSA) is 103 Å². The Kier molecular flexibility index (Phi) is 6.26. The van der Waals surface area contributed by atoms with Gasteiger partial charge in [-0.15, -0.1) is 0 Å². The minimum absolute atomic E-state index is 0.0743. The summed E-state index contributed by atoms with van der Waals surface area (Å²) in [5.74, 6) is 1.50. The van der Waals surface area contributed by atoms with Crippen LogP contribution in [0.1, 0.15) is 49.1 Å². The number of nitrogens with one attached hydrogen (secondary N) is 2. The van der Waals surface area contributed by atoms with E-state index in [0.29, 0.717) is 54.7 Å². The van der Waals surface area contributed by atoms with Crippen molar-refractivity contribution in [2.24, 2.45) is 4.99 Å². The third kappa shape index (κ3) is 4.76. The SMILES string of the molecule is CONC1=Nc2nc(CNC34CCC(CCc5c(F)cnc6ccc(C)nc56)(CC3)OC4)ccc2OC1. The summed E-state index contributed by atoms with van der Waals surface area (Å²) in [7, 11) is 1.54. The monoisotopic (exact) mass is 506 g/mol. The van der Waals surface area contributed by atoms with Crippen molar-refractivity contribution in [3.05, 3.63) is 53.2 Å². The normalized spacial score (nSPS) is 24.5. The maximum atomic E-state index is 14.7. The van der Waals surface area contributed by atoms with Gasteiger partial charge in [-0.3, -0.25) is 20.3 Å². The van der Waals surface area contributed by atoms with Gasteiger partial charge in [0.15, 0.2) is 17.4 Å². The van der Waals surface area contributed by atoms with Crippen molar-refractivity contribution < 1.29 is 18.7 Å². The van der Waals surface area contributed by atoms with Crippen LogP contribution in [-0.4, -0.2) is 52.3 Å². The highest BCUT2D eigenvalue weighted by Crippen LogP contribution is 2.46. The van der Waals surface area contributed by atoms with Gasteiger partial charge in [-0.2, -0.15) is 0 Å². The van der Waals surface area contributed by atoms with Gasteiger partial charge in [-0.05, 0) is 69.7 Å². The lowest BCUT2D eigenvalue weighted by atomic mass is 9.69. The Morgan fingerprint density at radius 1 is 1.11 bits per heavy atom. The number of aliphatic imine (C=N–C) groups is 1. The summed E-state index contributed by atoms with van der Waals surface area (Å²) in [4.78, 5) is 22.9. The number of halogens is 1. The number of hydrogen-bond donors (Lipinski definition) is 2. The van der Waals surface area contributed by atoms with Crippen LogP contribution in [0.4, 0.5) is 10.2 Å². The lowest BCUT2D eigenvalue weighted by molar-refractivity contribution is -0.165. The largest absolute Gasteiger partial charge is 0.482 e.